The van der Waals surface area contributed by atoms with Crippen molar-refractivity contribution in [2.75, 3.05) is 6.61 Å². The highest BCUT2D eigenvalue weighted by Gasteiger charge is 2.07. The zero-order valence-corrected chi connectivity index (χ0v) is 12.0. The summed E-state index contributed by atoms with van der Waals surface area (Å²) in [5, 5.41) is 0. The molecule has 120 valence electrons. The predicted molar refractivity (Wildman–Crippen MR) is 78.3 cm³/mol. The van der Waals surface area contributed by atoms with E-state index < -0.39 is 23.4 Å². The quantitative estimate of drug-likeness (QED) is 0.825. The van der Waals surface area contributed by atoms with Crippen molar-refractivity contribution in [3.63, 3.8) is 0 Å². The molecule has 7 heteroatoms. The molecule has 2 aromatic carbocycles. The molecule has 0 saturated carbocycles. The van der Waals surface area contributed by atoms with E-state index in [2.05, 4.69) is 10.9 Å². The van der Waals surface area contributed by atoms with Gasteiger partial charge in [-0.05, 0) is 29.8 Å². The highest BCUT2D eigenvalue weighted by molar-refractivity contribution is 5.83. The van der Waals surface area contributed by atoms with Crippen LogP contribution in [0.25, 0.3) is 0 Å². The minimum absolute atomic E-state index is 0.00862. The summed E-state index contributed by atoms with van der Waals surface area (Å²) in [6.45, 7) is -0.375. The molecule has 0 heterocycles. The van der Waals surface area contributed by atoms with Crippen LogP contribution in [0.4, 0.5) is 8.78 Å². The molecule has 0 unspecified atom stereocenters. The SMILES string of the molecule is O=C(COc1cccc(F)c1)NNC(=O)Cc1ccc(F)cc1. The van der Waals surface area contributed by atoms with E-state index in [1.165, 1.54) is 42.5 Å². The Bertz CT molecular complexity index is 690. The average Bonchev–Trinajstić information content (AvgIpc) is 2.53. The number of rotatable bonds is 5. The first-order valence-corrected chi connectivity index (χ1v) is 6.73. The van der Waals surface area contributed by atoms with Crippen molar-refractivity contribution in [1.82, 2.24) is 10.9 Å². The molecule has 0 atom stereocenters. The number of hydrogen-bond donors (Lipinski definition) is 2. The number of amides is 2. The Hall–Kier alpha value is -2.96. The second kappa shape index (κ2) is 7.88. The Morgan fingerprint density at radius 2 is 1.61 bits per heavy atom. The van der Waals surface area contributed by atoms with E-state index in [0.717, 1.165) is 6.07 Å². The third-order valence-electron chi connectivity index (χ3n) is 2.79. The molecule has 0 aromatic heterocycles. The Labute approximate surface area is 131 Å². The van der Waals surface area contributed by atoms with Crippen LogP contribution in [0.3, 0.4) is 0 Å². The molecule has 0 radical (unpaired) electrons. The summed E-state index contributed by atoms with van der Waals surface area (Å²) in [4.78, 5) is 23.1. The summed E-state index contributed by atoms with van der Waals surface area (Å²) in [5.74, 6) is -1.72. The number of benzene rings is 2. The molecular formula is C16H14F2N2O3. The van der Waals surface area contributed by atoms with E-state index in [4.69, 9.17) is 4.74 Å². The van der Waals surface area contributed by atoms with Crippen molar-refractivity contribution < 1.29 is 23.1 Å². The summed E-state index contributed by atoms with van der Waals surface area (Å²) >= 11 is 0. The van der Waals surface area contributed by atoms with Crippen molar-refractivity contribution >= 4 is 11.8 Å². The molecule has 5 nitrogen and oxygen atoms in total. The molecule has 0 fully saturated rings. The fraction of sp³-hybridized carbons (Fsp3) is 0.125. The molecule has 23 heavy (non-hydrogen) atoms. The number of carbonyl (C=O) groups excluding carboxylic acids is 2. The van der Waals surface area contributed by atoms with Gasteiger partial charge in [0.05, 0.1) is 6.42 Å². The average molecular weight is 320 g/mol. The summed E-state index contributed by atoms with van der Waals surface area (Å²) in [5.41, 5.74) is 4.98. The normalized spacial score (nSPS) is 10.0. The zero-order chi connectivity index (χ0) is 16.7. The minimum Gasteiger partial charge on any atom is -0.484 e. The van der Waals surface area contributed by atoms with Crippen LogP contribution in [0.5, 0.6) is 5.75 Å². The standard InChI is InChI=1S/C16H14F2N2O3/c17-12-6-4-11(5-7-12)8-15(21)19-20-16(22)10-23-14-3-1-2-13(18)9-14/h1-7,9H,8,10H2,(H,19,21)(H,20,22). The number of hydrogen-bond acceptors (Lipinski definition) is 3. The van der Waals surface area contributed by atoms with Gasteiger partial charge in [0.2, 0.25) is 5.91 Å². The fourth-order valence-electron chi connectivity index (χ4n) is 1.71. The van der Waals surface area contributed by atoms with Gasteiger partial charge in [0.1, 0.15) is 17.4 Å². The maximum atomic E-state index is 12.9. The Morgan fingerprint density at radius 1 is 0.913 bits per heavy atom. The fourth-order valence-corrected chi connectivity index (χ4v) is 1.71. The molecule has 0 aliphatic carbocycles. The second-order valence-electron chi connectivity index (χ2n) is 4.65. The number of ether oxygens (including phenoxy) is 1. The molecule has 2 aromatic rings. The number of carbonyl (C=O) groups is 2. The first kappa shape index (κ1) is 16.4. The molecule has 0 aliphatic heterocycles. The lowest BCUT2D eigenvalue weighted by Gasteiger charge is -2.09. The number of halogens is 2. The van der Waals surface area contributed by atoms with Gasteiger partial charge in [-0.25, -0.2) is 8.78 Å². The zero-order valence-electron chi connectivity index (χ0n) is 12.0. The van der Waals surface area contributed by atoms with E-state index >= 15 is 0 Å². The van der Waals surface area contributed by atoms with Gasteiger partial charge >= 0.3 is 0 Å². The van der Waals surface area contributed by atoms with Crippen LogP contribution in [0, 0.1) is 11.6 Å². The smallest absolute Gasteiger partial charge is 0.276 e. The molecule has 0 spiro atoms. The number of nitrogens with one attached hydrogen (secondary N) is 2. The third-order valence-corrected chi connectivity index (χ3v) is 2.79. The van der Waals surface area contributed by atoms with Crippen molar-refractivity contribution in [3.05, 3.63) is 65.7 Å². The molecule has 2 amide bonds. The summed E-state index contributed by atoms with van der Waals surface area (Å²) in [6.07, 6.45) is -0.00862. The third kappa shape index (κ3) is 5.74. The van der Waals surface area contributed by atoms with Crippen molar-refractivity contribution in [1.29, 1.82) is 0 Å². The first-order valence-electron chi connectivity index (χ1n) is 6.73. The second-order valence-corrected chi connectivity index (χ2v) is 4.65. The topological polar surface area (TPSA) is 67.4 Å². The van der Waals surface area contributed by atoms with Gasteiger partial charge in [0.15, 0.2) is 6.61 Å². The van der Waals surface area contributed by atoms with Crippen LogP contribution in [-0.4, -0.2) is 18.4 Å². The molecule has 2 rings (SSSR count). The van der Waals surface area contributed by atoms with E-state index in [0.29, 0.717) is 5.56 Å². The monoisotopic (exact) mass is 320 g/mol. The lowest BCUT2D eigenvalue weighted by molar-refractivity contribution is -0.129. The lowest BCUT2D eigenvalue weighted by atomic mass is 10.1. The van der Waals surface area contributed by atoms with Gasteiger partial charge in [-0.3, -0.25) is 20.4 Å². The van der Waals surface area contributed by atoms with Crippen LogP contribution < -0.4 is 15.6 Å². The van der Waals surface area contributed by atoms with Gasteiger partial charge < -0.3 is 4.74 Å². The van der Waals surface area contributed by atoms with Crippen molar-refractivity contribution in [3.8, 4) is 5.75 Å². The lowest BCUT2D eigenvalue weighted by Crippen LogP contribution is -2.44. The van der Waals surface area contributed by atoms with Crippen LogP contribution in [0.2, 0.25) is 0 Å². The van der Waals surface area contributed by atoms with Crippen LogP contribution in [0.1, 0.15) is 5.56 Å². The van der Waals surface area contributed by atoms with Crippen molar-refractivity contribution in [2.24, 2.45) is 0 Å². The first-order chi connectivity index (χ1) is 11.0. The molecule has 2 N–H and O–H groups in total. The van der Waals surface area contributed by atoms with Gasteiger partial charge in [0, 0.05) is 6.07 Å². The minimum atomic E-state index is -0.596. The maximum Gasteiger partial charge on any atom is 0.276 e. The largest absolute Gasteiger partial charge is 0.484 e. The Morgan fingerprint density at radius 3 is 2.30 bits per heavy atom. The molecule has 0 saturated heterocycles. The Kier molecular flexibility index (Phi) is 5.62. The highest BCUT2D eigenvalue weighted by atomic mass is 19.1. The molecule has 0 aliphatic rings. The van der Waals surface area contributed by atoms with Crippen LogP contribution in [-0.2, 0) is 16.0 Å². The summed E-state index contributed by atoms with van der Waals surface area (Å²) in [7, 11) is 0. The van der Waals surface area contributed by atoms with Gasteiger partial charge in [-0.1, -0.05) is 18.2 Å². The van der Waals surface area contributed by atoms with Gasteiger partial charge in [-0.2, -0.15) is 0 Å². The van der Waals surface area contributed by atoms with Crippen LogP contribution in [0.15, 0.2) is 48.5 Å². The predicted octanol–water partition coefficient (Wildman–Crippen LogP) is 1.73. The summed E-state index contributed by atoms with van der Waals surface area (Å²) in [6, 6.07) is 10.8. The molecule has 0 bridgehead atoms. The number of hydrazine groups is 1. The van der Waals surface area contributed by atoms with Crippen LogP contribution >= 0.6 is 0 Å². The maximum absolute atomic E-state index is 12.9. The molecular weight excluding hydrogens is 306 g/mol. The van der Waals surface area contributed by atoms with Gasteiger partial charge in [0.25, 0.3) is 5.91 Å². The highest BCUT2D eigenvalue weighted by Crippen LogP contribution is 2.11. The summed E-state index contributed by atoms with van der Waals surface area (Å²) < 4.78 is 30.7. The Balaban J connectivity index is 1.71. The van der Waals surface area contributed by atoms with E-state index in [9.17, 15) is 18.4 Å². The van der Waals surface area contributed by atoms with E-state index in [1.54, 1.807) is 0 Å². The van der Waals surface area contributed by atoms with E-state index in [1.807, 2.05) is 0 Å². The van der Waals surface area contributed by atoms with Crippen molar-refractivity contribution in [2.45, 2.75) is 6.42 Å². The van der Waals surface area contributed by atoms with E-state index in [-0.39, 0.29) is 18.8 Å². The van der Waals surface area contributed by atoms with Gasteiger partial charge in [-0.15, -0.1) is 0 Å².